The summed E-state index contributed by atoms with van der Waals surface area (Å²) in [5, 5.41) is 11.1. The molecule has 6 heteroatoms. The van der Waals surface area contributed by atoms with Crippen molar-refractivity contribution in [1.29, 1.82) is 0 Å². The molecule has 0 aliphatic carbocycles. The minimum Gasteiger partial charge on any atom is -0.361 e. The van der Waals surface area contributed by atoms with Crippen LogP contribution in [0.15, 0.2) is 9.52 Å². The van der Waals surface area contributed by atoms with Crippen molar-refractivity contribution in [2.75, 3.05) is 26.2 Å². The van der Waals surface area contributed by atoms with E-state index in [9.17, 15) is 0 Å². The molecule has 0 radical (unpaired) electrons. The fourth-order valence-electron chi connectivity index (χ4n) is 3.68. The lowest BCUT2D eigenvalue weighted by molar-refractivity contribution is 0.192. The second-order valence-corrected chi connectivity index (χ2v) is 7.37. The van der Waals surface area contributed by atoms with E-state index < -0.39 is 0 Å². The Morgan fingerprint density at radius 2 is 1.88 bits per heavy atom. The van der Waals surface area contributed by atoms with Gasteiger partial charge in [0.25, 0.3) is 0 Å². The molecule has 1 aliphatic rings. The lowest BCUT2D eigenvalue weighted by Crippen LogP contribution is -2.48. The Balaban J connectivity index is 2.03. The standard InChI is InChI=1S/C20H37N5O/c1-6-17-16(19(7-2)26-24-17)13-22-20(21-8-3)23-14-18(15(4)5)25-11-9-10-12-25/h15,18H,6-14H2,1-5H3,(H2,21,22,23). The third-order valence-corrected chi connectivity index (χ3v) is 5.20. The number of hydrogen-bond donors (Lipinski definition) is 2. The van der Waals surface area contributed by atoms with E-state index in [2.05, 4.69) is 55.3 Å². The number of likely N-dealkylation sites (tertiary alicyclic amines) is 1. The quantitative estimate of drug-likeness (QED) is 0.522. The highest BCUT2D eigenvalue weighted by Gasteiger charge is 2.24. The molecule has 0 aromatic carbocycles. The van der Waals surface area contributed by atoms with Crippen molar-refractivity contribution in [3.63, 3.8) is 0 Å². The zero-order chi connectivity index (χ0) is 18.9. The Bertz CT molecular complexity index is 539. The minimum absolute atomic E-state index is 0.550. The largest absolute Gasteiger partial charge is 0.361 e. The molecular formula is C20H37N5O. The summed E-state index contributed by atoms with van der Waals surface area (Å²) in [7, 11) is 0. The number of aryl methyl sites for hydroxylation is 2. The number of guanidine groups is 1. The maximum Gasteiger partial charge on any atom is 0.191 e. The van der Waals surface area contributed by atoms with Crippen molar-refractivity contribution in [3.8, 4) is 0 Å². The minimum atomic E-state index is 0.550. The molecule has 2 N–H and O–H groups in total. The van der Waals surface area contributed by atoms with Crippen LogP contribution in [-0.4, -0.2) is 48.2 Å². The summed E-state index contributed by atoms with van der Waals surface area (Å²) in [6.45, 7) is 15.8. The third-order valence-electron chi connectivity index (χ3n) is 5.20. The van der Waals surface area contributed by atoms with Crippen LogP contribution in [0.4, 0.5) is 0 Å². The molecule has 148 valence electrons. The summed E-state index contributed by atoms with van der Waals surface area (Å²) in [6.07, 6.45) is 4.38. The SMILES string of the molecule is CCNC(=NCc1c(CC)noc1CC)NCC(C(C)C)N1CCCC1. The molecule has 26 heavy (non-hydrogen) atoms. The zero-order valence-corrected chi connectivity index (χ0v) is 17.3. The Hall–Kier alpha value is -1.56. The zero-order valence-electron chi connectivity index (χ0n) is 17.3. The third kappa shape index (κ3) is 5.47. The van der Waals surface area contributed by atoms with Crippen molar-refractivity contribution >= 4 is 5.96 Å². The number of rotatable bonds is 9. The molecule has 0 amide bonds. The molecule has 1 atom stereocenters. The van der Waals surface area contributed by atoms with Crippen LogP contribution in [0.2, 0.25) is 0 Å². The van der Waals surface area contributed by atoms with Gasteiger partial charge in [-0.15, -0.1) is 0 Å². The van der Waals surface area contributed by atoms with Gasteiger partial charge in [-0.3, -0.25) is 4.90 Å². The summed E-state index contributed by atoms with van der Waals surface area (Å²) < 4.78 is 5.46. The van der Waals surface area contributed by atoms with Gasteiger partial charge < -0.3 is 15.2 Å². The topological polar surface area (TPSA) is 65.7 Å². The average molecular weight is 364 g/mol. The molecular weight excluding hydrogens is 326 g/mol. The fourth-order valence-corrected chi connectivity index (χ4v) is 3.68. The van der Waals surface area contributed by atoms with Crippen LogP contribution in [0.3, 0.4) is 0 Å². The van der Waals surface area contributed by atoms with E-state index >= 15 is 0 Å². The summed E-state index contributed by atoms with van der Waals surface area (Å²) in [4.78, 5) is 7.42. The molecule has 1 fully saturated rings. The van der Waals surface area contributed by atoms with E-state index in [1.165, 1.54) is 25.9 Å². The number of aliphatic imine (C=N–C) groups is 1. The smallest absolute Gasteiger partial charge is 0.191 e. The van der Waals surface area contributed by atoms with Crippen LogP contribution >= 0.6 is 0 Å². The lowest BCUT2D eigenvalue weighted by Gasteiger charge is -2.31. The van der Waals surface area contributed by atoms with Crippen LogP contribution in [0.1, 0.15) is 64.5 Å². The highest BCUT2D eigenvalue weighted by molar-refractivity contribution is 5.79. The molecule has 0 bridgehead atoms. The van der Waals surface area contributed by atoms with E-state index in [1.54, 1.807) is 0 Å². The van der Waals surface area contributed by atoms with Crippen molar-refractivity contribution < 1.29 is 4.52 Å². The van der Waals surface area contributed by atoms with E-state index in [1.807, 2.05) is 0 Å². The highest BCUT2D eigenvalue weighted by atomic mass is 16.5. The molecule has 0 spiro atoms. The van der Waals surface area contributed by atoms with Crippen molar-refractivity contribution in [3.05, 3.63) is 17.0 Å². The summed E-state index contributed by atoms with van der Waals surface area (Å²) in [6, 6.07) is 0.550. The molecule has 1 unspecified atom stereocenters. The maximum absolute atomic E-state index is 5.46. The van der Waals surface area contributed by atoms with Crippen molar-refractivity contribution in [2.24, 2.45) is 10.9 Å². The first-order valence-electron chi connectivity index (χ1n) is 10.3. The molecule has 2 rings (SSSR count). The molecule has 1 saturated heterocycles. The first-order valence-corrected chi connectivity index (χ1v) is 10.3. The number of hydrogen-bond acceptors (Lipinski definition) is 4. The number of aromatic nitrogens is 1. The van der Waals surface area contributed by atoms with E-state index in [0.717, 1.165) is 48.9 Å². The van der Waals surface area contributed by atoms with Crippen LogP contribution in [0.25, 0.3) is 0 Å². The second kappa shape index (κ2) is 10.6. The van der Waals surface area contributed by atoms with Crippen LogP contribution in [0.5, 0.6) is 0 Å². The molecule has 0 saturated carbocycles. The van der Waals surface area contributed by atoms with E-state index in [0.29, 0.717) is 18.5 Å². The Morgan fingerprint density at radius 3 is 2.46 bits per heavy atom. The van der Waals surface area contributed by atoms with Gasteiger partial charge in [0, 0.05) is 31.1 Å². The van der Waals surface area contributed by atoms with Crippen LogP contribution in [0, 0.1) is 5.92 Å². The van der Waals surface area contributed by atoms with Crippen molar-refractivity contribution in [1.82, 2.24) is 20.7 Å². The molecule has 1 aliphatic heterocycles. The first kappa shape index (κ1) is 20.7. The number of nitrogens with one attached hydrogen (secondary N) is 2. The molecule has 6 nitrogen and oxygen atoms in total. The Kier molecular flexibility index (Phi) is 8.42. The summed E-state index contributed by atoms with van der Waals surface area (Å²) >= 11 is 0. The van der Waals surface area contributed by atoms with E-state index in [4.69, 9.17) is 9.52 Å². The summed E-state index contributed by atoms with van der Waals surface area (Å²) in [5.41, 5.74) is 2.17. The normalized spacial score (nSPS) is 17.1. The Labute approximate surface area is 158 Å². The second-order valence-electron chi connectivity index (χ2n) is 7.37. The number of nitrogens with zero attached hydrogens (tertiary/aromatic N) is 3. The predicted molar refractivity (Wildman–Crippen MR) is 108 cm³/mol. The van der Waals surface area contributed by atoms with Gasteiger partial charge in [-0.25, -0.2) is 4.99 Å². The van der Waals surface area contributed by atoms with Crippen LogP contribution < -0.4 is 10.6 Å². The van der Waals surface area contributed by atoms with Gasteiger partial charge >= 0.3 is 0 Å². The maximum atomic E-state index is 5.46. The first-order chi connectivity index (χ1) is 12.6. The van der Waals surface area contributed by atoms with Gasteiger partial charge in [0.05, 0.1) is 12.2 Å². The summed E-state index contributed by atoms with van der Waals surface area (Å²) in [5.74, 6) is 2.46. The van der Waals surface area contributed by atoms with Gasteiger partial charge in [0.1, 0.15) is 5.76 Å². The van der Waals surface area contributed by atoms with Gasteiger partial charge in [0.2, 0.25) is 0 Å². The molecule has 1 aromatic rings. The lowest BCUT2D eigenvalue weighted by atomic mass is 10.0. The molecule has 2 heterocycles. The van der Waals surface area contributed by atoms with Gasteiger partial charge in [-0.05, 0) is 45.2 Å². The van der Waals surface area contributed by atoms with Crippen LogP contribution in [-0.2, 0) is 19.4 Å². The van der Waals surface area contributed by atoms with Gasteiger partial charge in [0.15, 0.2) is 5.96 Å². The predicted octanol–water partition coefficient (Wildman–Crippen LogP) is 2.97. The van der Waals surface area contributed by atoms with Crippen molar-refractivity contribution in [2.45, 2.75) is 72.9 Å². The van der Waals surface area contributed by atoms with Gasteiger partial charge in [-0.2, -0.15) is 0 Å². The highest BCUT2D eigenvalue weighted by Crippen LogP contribution is 2.18. The van der Waals surface area contributed by atoms with Gasteiger partial charge in [-0.1, -0.05) is 32.9 Å². The molecule has 1 aromatic heterocycles. The monoisotopic (exact) mass is 363 g/mol. The fraction of sp³-hybridized carbons (Fsp3) is 0.800. The average Bonchev–Trinajstić information content (AvgIpc) is 3.28. The van der Waals surface area contributed by atoms with E-state index in [-0.39, 0.29) is 0 Å². The Morgan fingerprint density at radius 1 is 1.15 bits per heavy atom.